The highest BCUT2D eigenvalue weighted by molar-refractivity contribution is 4.95. The molecule has 1 N–H and O–H groups in total. The lowest BCUT2D eigenvalue weighted by Crippen LogP contribution is -2.40. The predicted molar refractivity (Wildman–Crippen MR) is 56.7 cm³/mol. The lowest BCUT2D eigenvalue weighted by molar-refractivity contribution is 0.0275. The van der Waals surface area contributed by atoms with Crippen molar-refractivity contribution in [3.63, 3.8) is 0 Å². The van der Waals surface area contributed by atoms with Crippen LogP contribution in [0.5, 0.6) is 0 Å². The van der Waals surface area contributed by atoms with Crippen molar-refractivity contribution in [3.8, 4) is 0 Å². The molecule has 1 aliphatic rings. The van der Waals surface area contributed by atoms with Crippen molar-refractivity contribution in [2.24, 2.45) is 7.05 Å². The highest BCUT2D eigenvalue weighted by Gasteiger charge is 2.17. The Labute approximate surface area is 89.8 Å². The molecule has 1 fully saturated rings. The fourth-order valence-corrected chi connectivity index (χ4v) is 1.76. The quantitative estimate of drug-likeness (QED) is 0.757. The minimum Gasteiger partial charge on any atom is -0.375 e. The van der Waals surface area contributed by atoms with Gasteiger partial charge in [-0.15, -0.1) is 0 Å². The predicted octanol–water partition coefficient (Wildman–Crippen LogP) is -0.0916. The third kappa shape index (κ3) is 2.54. The Bertz CT molecular complexity index is 317. The number of aromatic nitrogens is 3. The van der Waals surface area contributed by atoms with Gasteiger partial charge in [-0.25, -0.2) is 4.98 Å². The summed E-state index contributed by atoms with van der Waals surface area (Å²) in [6.45, 7) is 4.73. The number of hydrogen-bond donors (Lipinski definition) is 1. The van der Waals surface area contributed by atoms with Crippen LogP contribution in [0.2, 0.25) is 0 Å². The summed E-state index contributed by atoms with van der Waals surface area (Å²) in [6.07, 6.45) is 1.97. The maximum Gasteiger partial charge on any atom is 0.150 e. The normalized spacial score (nSPS) is 21.9. The zero-order chi connectivity index (χ0) is 10.7. The Morgan fingerprint density at radius 1 is 1.60 bits per heavy atom. The van der Waals surface area contributed by atoms with Gasteiger partial charge in [0.1, 0.15) is 5.82 Å². The number of nitrogens with one attached hydrogen (secondary N) is 1. The van der Waals surface area contributed by atoms with E-state index < -0.39 is 0 Å². The van der Waals surface area contributed by atoms with Gasteiger partial charge in [0.05, 0.1) is 12.7 Å². The van der Waals surface area contributed by atoms with E-state index in [1.54, 1.807) is 0 Å². The Morgan fingerprint density at radius 2 is 2.47 bits per heavy atom. The van der Waals surface area contributed by atoms with Gasteiger partial charge in [-0.2, -0.15) is 5.10 Å². The van der Waals surface area contributed by atoms with Crippen molar-refractivity contribution in [1.82, 2.24) is 20.1 Å². The van der Waals surface area contributed by atoms with E-state index >= 15 is 0 Å². The smallest absolute Gasteiger partial charge is 0.150 e. The number of rotatable bonds is 3. The fraction of sp³-hybridized carbons (Fsp3) is 0.800. The molecule has 0 spiro atoms. The van der Waals surface area contributed by atoms with Gasteiger partial charge in [0.25, 0.3) is 0 Å². The summed E-state index contributed by atoms with van der Waals surface area (Å²) in [5.41, 5.74) is 0. The van der Waals surface area contributed by atoms with E-state index in [4.69, 9.17) is 4.74 Å². The average Bonchev–Trinajstić information content (AvgIpc) is 2.61. The summed E-state index contributed by atoms with van der Waals surface area (Å²) < 4.78 is 7.49. The van der Waals surface area contributed by atoms with E-state index in [9.17, 15) is 0 Å². The molecule has 1 aromatic rings. The molecule has 1 unspecified atom stereocenters. The maximum atomic E-state index is 5.64. The summed E-state index contributed by atoms with van der Waals surface area (Å²) in [4.78, 5) is 4.47. The van der Waals surface area contributed by atoms with E-state index in [0.29, 0.717) is 0 Å². The molecule has 1 aliphatic heterocycles. The Balaban J connectivity index is 1.99. The highest BCUT2D eigenvalue weighted by atomic mass is 16.5. The minimum atomic E-state index is 0.242. The first kappa shape index (κ1) is 10.6. The molecule has 0 saturated carbocycles. The lowest BCUT2D eigenvalue weighted by Gasteiger charge is -2.22. The molecule has 2 heterocycles. The third-order valence-corrected chi connectivity index (χ3v) is 2.63. The monoisotopic (exact) mass is 210 g/mol. The Kier molecular flexibility index (Phi) is 3.33. The molecule has 0 bridgehead atoms. The van der Waals surface area contributed by atoms with E-state index in [1.165, 1.54) is 0 Å². The van der Waals surface area contributed by atoms with Gasteiger partial charge >= 0.3 is 0 Å². The largest absolute Gasteiger partial charge is 0.375 e. The summed E-state index contributed by atoms with van der Waals surface area (Å²) in [5, 5.41) is 7.64. The van der Waals surface area contributed by atoms with Crippen LogP contribution in [0.4, 0.5) is 0 Å². The van der Waals surface area contributed by atoms with Crippen molar-refractivity contribution >= 4 is 0 Å². The number of hydrogen-bond acceptors (Lipinski definition) is 4. The molecular weight excluding hydrogens is 192 g/mol. The second kappa shape index (κ2) is 4.72. The molecule has 1 saturated heterocycles. The molecule has 1 atom stereocenters. The molecule has 0 amide bonds. The first-order valence-electron chi connectivity index (χ1n) is 5.50. The van der Waals surface area contributed by atoms with Gasteiger partial charge < -0.3 is 10.1 Å². The van der Waals surface area contributed by atoms with Gasteiger partial charge in [0, 0.05) is 33.0 Å². The van der Waals surface area contributed by atoms with Crippen molar-refractivity contribution in [2.75, 3.05) is 19.7 Å². The second-order valence-electron chi connectivity index (χ2n) is 3.82. The van der Waals surface area contributed by atoms with Crippen LogP contribution in [-0.2, 0) is 24.6 Å². The van der Waals surface area contributed by atoms with Gasteiger partial charge in [0.2, 0.25) is 0 Å². The van der Waals surface area contributed by atoms with E-state index in [1.807, 2.05) is 11.7 Å². The fourth-order valence-electron chi connectivity index (χ4n) is 1.76. The summed E-state index contributed by atoms with van der Waals surface area (Å²) >= 11 is 0. The van der Waals surface area contributed by atoms with Crippen LogP contribution in [0.1, 0.15) is 18.6 Å². The van der Waals surface area contributed by atoms with Crippen LogP contribution >= 0.6 is 0 Å². The third-order valence-electron chi connectivity index (χ3n) is 2.63. The number of ether oxygens (including phenoxy) is 1. The van der Waals surface area contributed by atoms with Crippen LogP contribution in [0.15, 0.2) is 0 Å². The van der Waals surface area contributed by atoms with Crippen LogP contribution in [0.3, 0.4) is 0 Å². The van der Waals surface area contributed by atoms with Crippen molar-refractivity contribution in [2.45, 2.75) is 25.9 Å². The molecule has 15 heavy (non-hydrogen) atoms. The maximum absolute atomic E-state index is 5.64. The van der Waals surface area contributed by atoms with Crippen LogP contribution in [0, 0.1) is 0 Å². The molecular formula is C10H18N4O. The molecule has 5 nitrogen and oxygen atoms in total. The first-order valence-corrected chi connectivity index (χ1v) is 5.50. The standard InChI is InChI=1S/C10H18N4O/c1-3-9-12-10(14(2)13-9)6-8-7-11-4-5-15-8/h8,11H,3-7H2,1-2H3. The van der Waals surface area contributed by atoms with E-state index in [-0.39, 0.29) is 6.10 Å². The number of aryl methyl sites for hydroxylation is 2. The summed E-state index contributed by atoms with van der Waals surface area (Å²) in [6, 6.07) is 0. The van der Waals surface area contributed by atoms with Gasteiger partial charge in [-0.1, -0.05) is 6.92 Å². The highest BCUT2D eigenvalue weighted by Crippen LogP contribution is 2.06. The molecule has 1 aromatic heterocycles. The summed E-state index contributed by atoms with van der Waals surface area (Å²) in [5.74, 6) is 1.93. The van der Waals surface area contributed by atoms with E-state index in [2.05, 4.69) is 22.3 Å². The van der Waals surface area contributed by atoms with Crippen LogP contribution in [-0.4, -0.2) is 40.6 Å². The Hall–Kier alpha value is -0.940. The van der Waals surface area contributed by atoms with Crippen LogP contribution in [0.25, 0.3) is 0 Å². The van der Waals surface area contributed by atoms with E-state index in [0.717, 1.165) is 44.2 Å². The van der Waals surface area contributed by atoms with Gasteiger partial charge in [-0.05, 0) is 0 Å². The van der Waals surface area contributed by atoms with Crippen molar-refractivity contribution in [3.05, 3.63) is 11.6 Å². The minimum absolute atomic E-state index is 0.242. The summed E-state index contributed by atoms with van der Waals surface area (Å²) in [7, 11) is 1.94. The molecule has 0 radical (unpaired) electrons. The molecule has 84 valence electrons. The first-order chi connectivity index (χ1) is 7.29. The molecule has 2 rings (SSSR count). The lowest BCUT2D eigenvalue weighted by atomic mass is 10.2. The number of nitrogens with zero attached hydrogens (tertiary/aromatic N) is 3. The molecule has 5 heteroatoms. The Morgan fingerprint density at radius 3 is 3.07 bits per heavy atom. The van der Waals surface area contributed by atoms with Gasteiger partial charge in [-0.3, -0.25) is 4.68 Å². The molecule has 0 aliphatic carbocycles. The van der Waals surface area contributed by atoms with Crippen molar-refractivity contribution < 1.29 is 4.74 Å². The molecule has 0 aromatic carbocycles. The van der Waals surface area contributed by atoms with Crippen LogP contribution < -0.4 is 5.32 Å². The average molecular weight is 210 g/mol. The van der Waals surface area contributed by atoms with Gasteiger partial charge in [0.15, 0.2) is 5.82 Å². The number of morpholine rings is 1. The van der Waals surface area contributed by atoms with Crippen molar-refractivity contribution in [1.29, 1.82) is 0 Å². The zero-order valence-electron chi connectivity index (χ0n) is 9.36. The SMILES string of the molecule is CCc1nc(CC2CNCCO2)n(C)n1. The zero-order valence-corrected chi connectivity index (χ0v) is 9.36. The topological polar surface area (TPSA) is 52.0 Å². The second-order valence-corrected chi connectivity index (χ2v) is 3.82.